The van der Waals surface area contributed by atoms with Crippen LogP contribution in [0, 0.1) is 5.92 Å². The van der Waals surface area contributed by atoms with Crippen molar-refractivity contribution in [2.24, 2.45) is 5.92 Å². The zero-order valence-electron chi connectivity index (χ0n) is 15.5. The van der Waals surface area contributed by atoms with E-state index in [2.05, 4.69) is 20.8 Å². The van der Waals surface area contributed by atoms with Gasteiger partial charge in [0.15, 0.2) is 0 Å². The molecule has 1 atom stereocenters. The summed E-state index contributed by atoms with van der Waals surface area (Å²) in [6, 6.07) is 12.5. The number of ether oxygens (including phenoxy) is 1. The number of anilines is 1. The maximum atomic E-state index is 12.5. The van der Waals surface area contributed by atoms with E-state index in [0.717, 1.165) is 5.56 Å². The summed E-state index contributed by atoms with van der Waals surface area (Å²) in [6.07, 6.45) is 0.0851. The first-order valence-electron chi connectivity index (χ1n) is 8.73. The SMILES string of the molecule is CC(C)(C)c1ccc(OC(=O)[C@@H]2CC(=O)N(c3cccc(Cl)c3Cl)C2)cc1. The highest BCUT2D eigenvalue weighted by atomic mass is 35.5. The average Bonchev–Trinajstić information content (AvgIpc) is 2.99. The fraction of sp³-hybridized carbons (Fsp3) is 0.333. The molecule has 1 heterocycles. The minimum absolute atomic E-state index is 0.0249. The Balaban J connectivity index is 1.70. The number of esters is 1. The molecule has 0 aliphatic carbocycles. The third kappa shape index (κ3) is 4.28. The van der Waals surface area contributed by atoms with Gasteiger partial charge in [-0.05, 0) is 35.2 Å². The Labute approximate surface area is 169 Å². The fourth-order valence-electron chi connectivity index (χ4n) is 3.02. The normalized spacial score (nSPS) is 17.3. The van der Waals surface area contributed by atoms with Gasteiger partial charge in [0.05, 0.1) is 21.7 Å². The molecule has 1 aliphatic heterocycles. The van der Waals surface area contributed by atoms with Crippen LogP contribution in [0.2, 0.25) is 10.0 Å². The van der Waals surface area contributed by atoms with Crippen LogP contribution in [0.15, 0.2) is 42.5 Å². The molecule has 0 radical (unpaired) electrons. The van der Waals surface area contributed by atoms with Crippen LogP contribution in [0.3, 0.4) is 0 Å². The second-order valence-electron chi connectivity index (χ2n) is 7.67. The van der Waals surface area contributed by atoms with Gasteiger partial charge in [0.1, 0.15) is 5.75 Å². The molecular weight excluding hydrogens is 385 g/mol. The van der Waals surface area contributed by atoms with Crippen LogP contribution in [-0.4, -0.2) is 18.4 Å². The van der Waals surface area contributed by atoms with Crippen LogP contribution >= 0.6 is 23.2 Å². The van der Waals surface area contributed by atoms with Gasteiger partial charge >= 0.3 is 5.97 Å². The van der Waals surface area contributed by atoms with Gasteiger partial charge in [0.25, 0.3) is 0 Å². The van der Waals surface area contributed by atoms with Crippen LogP contribution in [0.1, 0.15) is 32.8 Å². The number of halogens is 2. The topological polar surface area (TPSA) is 46.6 Å². The minimum Gasteiger partial charge on any atom is -0.426 e. The lowest BCUT2D eigenvalue weighted by Gasteiger charge is -2.19. The Morgan fingerprint density at radius 1 is 1.11 bits per heavy atom. The molecule has 1 fully saturated rings. The fourth-order valence-corrected chi connectivity index (χ4v) is 3.42. The predicted octanol–water partition coefficient (Wildman–Crippen LogP) is 5.25. The molecule has 0 N–H and O–H groups in total. The molecule has 0 aromatic heterocycles. The van der Waals surface area contributed by atoms with E-state index in [9.17, 15) is 9.59 Å². The van der Waals surface area contributed by atoms with Crippen molar-refractivity contribution in [1.29, 1.82) is 0 Å². The summed E-state index contributed by atoms with van der Waals surface area (Å²) in [6.45, 7) is 6.58. The van der Waals surface area contributed by atoms with E-state index in [0.29, 0.717) is 21.5 Å². The van der Waals surface area contributed by atoms with Gasteiger partial charge in [0.2, 0.25) is 5.91 Å². The number of hydrogen-bond acceptors (Lipinski definition) is 3. The zero-order chi connectivity index (χ0) is 19.8. The largest absolute Gasteiger partial charge is 0.426 e. The number of carbonyl (C=O) groups is 2. The highest BCUT2D eigenvalue weighted by molar-refractivity contribution is 6.44. The van der Waals surface area contributed by atoms with E-state index in [1.165, 1.54) is 4.90 Å². The summed E-state index contributed by atoms with van der Waals surface area (Å²) < 4.78 is 5.48. The first-order valence-corrected chi connectivity index (χ1v) is 9.49. The van der Waals surface area contributed by atoms with Crippen LogP contribution in [0.4, 0.5) is 5.69 Å². The van der Waals surface area contributed by atoms with Crippen molar-refractivity contribution in [3.8, 4) is 5.75 Å². The molecule has 1 aliphatic rings. The van der Waals surface area contributed by atoms with Crippen molar-refractivity contribution in [1.82, 2.24) is 0 Å². The van der Waals surface area contributed by atoms with Gasteiger partial charge in [-0.3, -0.25) is 9.59 Å². The first-order chi connectivity index (χ1) is 12.7. The van der Waals surface area contributed by atoms with Gasteiger partial charge in [-0.1, -0.05) is 62.2 Å². The molecule has 0 spiro atoms. The molecule has 4 nitrogen and oxygen atoms in total. The zero-order valence-corrected chi connectivity index (χ0v) is 17.0. The average molecular weight is 406 g/mol. The molecule has 3 rings (SSSR count). The minimum atomic E-state index is -0.546. The molecule has 0 bridgehead atoms. The van der Waals surface area contributed by atoms with E-state index < -0.39 is 11.9 Å². The van der Waals surface area contributed by atoms with Crippen LogP contribution in [0.25, 0.3) is 0 Å². The Bertz CT molecular complexity index is 872. The second-order valence-corrected chi connectivity index (χ2v) is 8.46. The lowest BCUT2D eigenvalue weighted by molar-refractivity contribution is -0.139. The standard InChI is InChI=1S/C21H21Cl2NO3/c1-21(2,3)14-7-9-15(10-8-14)27-20(26)13-11-18(25)24(12-13)17-6-4-5-16(22)19(17)23/h4-10,13H,11-12H2,1-3H3/t13-/m1/s1. The van der Waals surface area contributed by atoms with Crippen molar-refractivity contribution in [3.05, 3.63) is 58.1 Å². The number of benzene rings is 2. The first kappa shape index (κ1) is 19.7. The van der Waals surface area contributed by atoms with Crippen molar-refractivity contribution in [2.75, 3.05) is 11.4 Å². The number of hydrogen-bond donors (Lipinski definition) is 0. The third-order valence-electron chi connectivity index (χ3n) is 4.62. The number of amides is 1. The Kier molecular flexibility index (Phi) is 5.50. The van der Waals surface area contributed by atoms with Crippen LogP contribution in [0.5, 0.6) is 5.75 Å². The van der Waals surface area contributed by atoms with Gasteiger partial charge in [-0.2, -0.15) is 0 Å². The van der Waals surface area contributed by atoms with Gasteiger partial charge < -0.3 is 9.64 Å². The van der Waals surface area contributed by atoms with Gasteiger partial charge in [0, 0.05) is 13.0 Å². The molecule has 1 amide bonds. The predicted molar refractivity (Wildman–Crippen MR) is 108 cm³/mol. The molecule has 0 unspecified atom stereocenters. The van der Waals surface area contributed by atoms with E-state index in [-0.39, 0.29) is 24.3 Å². The monoisotopic (exact) mass is 405 g/mol. The molecule has 2 aromatic rings. The Hall–Kier alpha value is -2.04. The molecule has 142 valence electrons. The highest BCUT2D eigenvalue weighted by Crippen LogP contribution is 2.36. The summed E-state index contributed by atoms with van der Waals surface area (Å²) >= 11 is 12.2. The molecule has 2 aromatic carbocycles. The Morgan fingerprint density at radius 2 is 1.78 bits per heavy atom. The van der Waals surface area contributed by atoms with Gasteiger partial charge in [-0.25, -0.2) is 0 Å². The summed E-state index contributed by atoms with van der Waals surface area (Å²) in [5.41, 5.74) is 1.69. The quantitative estimate of drug-likeness (QED) is 0.517. The van der Waals surface area contributed by atoms with E-state index >= 15 is 0 Å². The van der Waals surface area contributed by atoms with Crippen LogP contribution < -0.4 is 9.64 Å². The van der Waals surface area contributed by atoms with Crippen molar-refractivity contribution < 1.29 is 14.3 Å². The lowest BCUT2D eigenvalue weighted by Crippen LogP contribution is -2.27. The van der Waals surface area contributed by atoms with E-state index in [4.69, 9.17) is 27.9 Å². The molecule has 27 heavy (non-hydrogen) atoms. The molecule has 0 saturated carbocycles. The maximum absolute atomic E-state index is 12.5. The maximum Gasteiger partial charge on any atom is 0.316 e. The number of rotatable bonds is 3. The van der Waals surface area contributed by atoms with Crippen molar-refractivity contribution >= 4 is 40.8 Å². The lowest BCUT2D eigenvalue weighted by atomic mass is 9.87. The Morgan fingerprint density at radius 3 is 2.41 bits per heavy atom. The number of carbonyl (C=O) groups excluding carboxylic acids is 2. The highest BCUT2D eigenvalue weighted by Gasteiger charge is 2.37. The van der Waals surface area contributed by atoms with Gasteiger partial charge in [-0.15, -0.1) is 0 Å². The summed E-state index contributed by atoms with van der Waals surface area (Å²) in [7, 11) is 0. The van der Waals surface area contributed by atoms with Crippen LogP contribution in [-0.2, 0) is 15.0 Å². The third-order valence-corrected chi connectivity index (χ3v) is 5.43. The molecular formula is C21H21Cl2NO3. The summed E-state index contributed by atoms with van der Waals surface area (Å²) in [5, 5.41) is 0.672. The second kappa shape index (κ2) is 7.53. The van der Waals surface area contributed by atoms with Crippen molar-refractivity contribution in [3.63, 3.8) is 0 Å². The van der Waals surface area contributed by atoms with Crippen molar-refractivity contribution in [2.45, 2.75) is 32.6 Å². The molecule has 1 saturated heterocycles. The number of nitrogens with zero attached hydrogens (tertiary/aromatic N) is 1. The molecule has 6 heteroatoms. The van der Waals surface area contributed by atoms with E-state index in [1.807, 2.05) is 12.1 Å². The summed E-state index contributed by atoms with van der Waals surface area (Å²) in [5.74, 6) is -0.675. The summed E-state index contributed by atoms with van der Waals surface area (Å²) in [4.78, 5) is 26.4. The smallest absolute Gasteiger partial charge is 0.316 e. The van der Waals surface area contributed by atoms with E-state index in [1.54, 1.807) is 30.3 Å².